The average Bonchev–Trinajstić information content (AvgIpc) is 3.32. The Kier molecular flexibility index (Phi) is 6.01. The van der Waals surface area contributed by atoms with Crippen molar-refractivity contribution in [2.24, 2.45) is 0 Å². The molecule has 3 aromatic rings. The Bertz CT molecular complexity index is 715. The number of aromatic nitrogens is 2. The van der Waals surface area contributed by atoms with Gasteiger partial charge in [0, 0.05) is 0 Å². The second kappa shape index (κ2) is 8.20. The molecule has 0 atom stereocenters. The topological polar surface area (TPSA) is 59.9 Å². The lowest BCUT2D eigenvalue weighted by Gasteiger charge is -1.95. The largest absolute Gasteiger partial charge is 0.292 e. The van der Waals surface area contributed by atoms with Gasteiger partial charge in [-0.15, -0.1) is 32.9 Å². The lowest BCUT2D eigenvalue weighted by Crippen LogP contribution is -1.98. The molecule has 0 aliphatic heterocycles. The maximum absolute atomic E-state index is 11.9. The molecule has 23 heavy (non-hydrogen) atoms. The minimum absolute atomic E-state index is 0.0993. The zero-order valence-corrected chi connectivity index (χ0v) is 15.7. The van der Waals surface area contributed by atoms with E-state index in [0.717, 1.165) is 18.4 Å². The van der Waals surface area contributed by atoms with Crippen molar-refractivity contribution in [2.75, 3.05) is 11.5 Å². The second-order valence-electron chi connectivity index (χ2n) is 4.21. The number of hydrogen-bond acceptors (Lipinski definition) is 9. The maximum atomic E-state index is 11.9. The van der Waals surface area contributed by atoms with Gasteiger partial charge in [0.25, 0.3) is 0 Å². The van der Waals surface area contributed by atoms with Gasteiger partial charge in [-0.3, -0.25) is 9.59 Å². The van der Waals surface area contributed by atoms with E-state index in [-0.39, 0.29) is 11.6 Å². The van der Waals surface area contributed by atoms with Gasteiger partial charge in [0.05, 0.1) is 21.3 Å². The zero-order chi connectivity index (χ0) is 16.1. The van der Waals surface area contributed by atoms with Crippen LogP contribution >= 0.6 is 57.5 Å². The standard InChI is InChI=1S/C14H10N2O2S5/c17-9(11-3-1-5-19-11)7-21-13-15-16-14(23-13)22-8-10(18)12-4-2-6-20-12/h1-6H,7-8H2. The van der Waals surface area contributed by atoms with Gasteiger partial charge in [0.2, 0.25) is 0 Å². The van der Waals surface area contributed by atoms with Crippen molar-refractivity contribution in [3.63, 3.8) is 0 Å². The molecule has 0 unspecified atom stereocenters. The molecule has 0 spiro atoms. The molecule has 0 saturated heterocycles. The van der Waals surface area contributed by atoms with Crippen molar-refractivity contribution in [2.45, 2.75) is 8.68 Å². The van der Waals surface area contributed by atoms with Gasteiger partial charge in [-0.25, -0.2) is 0 Å². The molecule has 0 N–H and O–H groups in total. The summed E-state index contributed by atoms with van der Waals surface area (Å²) < 4.78 is 1.50. The summed E-state index contributed by atoms with van der Waals surface area (Å²) in [4.78, 5) is 25.4. The van der Waals surface area contributed by atoms with E-state index in [4.69, 9.17) is 0 Å². The van der Waals surface area contributed by atoms with Gasteiger partial charge in [-0.2, -0.15) is 0 Å². The van der Waals surface area contributed by atoms with Crippen LogP contribution in [0.1, 0.15) is 19.3 Å². The molecule has 0 saturated carbocycles. The van der Waals surface area contributed by atoms with Crippen molar-refractivity contribution in [3.8, 4) is 0 Å². The second-order valence-corrected chi connectivity index (χ2v) is 9.53. The van der Waals surface area contributed by atoms with Crippen LogP contribution in [0.25, 0.3) is 0 Å². The van der Waals surface area contributed by atoms with Gasteiger partial charge in [0.1, 0.15) is 0 Å². The molecule has 0 bridgehead atoms. The summed E-state index contributed by atoms with van der Waals surface area (Å²) in [6.45, 7) is 0. The van der Waals surface area contributed by atoms with Gasteiger partial charge in [0.15, 0.2) is 20.2 Å². The summed E-state index contributed by atoms with van der Waals surface area (Å²) in [6, 6.07) is 7.38. The molecule has 0 radical (unpaired) electrons. The van der Waals surface area contributed by atoms with Gasteiger partial charge in [-0.05, 0) is 22.9 Å². The molecule has 3 rings (SSSR count). The molecular weight excluding hydrogens is 389 g/mol. The molecule has 9 heteroatoms. The SMILES string of the molecule is O=C(CSc1nnc(SCC(=O)c2cccs2)s1)c1cccs1. The Labute approximate surface area is 153 Å². The van der Waals surface area contributed by atoms with Crippen molar-refractivity contribution >= 4 is 69.1 Å². The van der Waals surface area contributed by atoms with E-state index in [9.17, 15) is 9.59 Å². The smallest absolute Gasteiger partial charge is 0.183 e. The predicted octanol–water partition coefficient (Wildman–Crippen LogP) is 4.61. The third-order valence-electron chi connectivity index (χ3n) is 2.63. The maximum Gasteiger partial charge on any atom is 0.183 e. The van der Waals surface area contributed by atoms with E-state index in [1.165, 1.54) is 57.5 Å². The molecule has 0 aliphatic carbocycles. The fourth-order valence-corrected chi connectivity index (χ4v) is 5.88. The van der Waals surface area contributed by atoms with E-state index in [0.29, 0.717) is 11.5 Å². The molecular formula is C14H10N2O2S5. The van der Waals surface area contributed by atoms with E-state index < -0.39 is 0 Å². The summed E-state index contributed by atoms with van der Waals surface area (Å²) in [5.41, 5.74) is 0. The third-order valence-corrected chi connectivity index (χ3v) is 7.65. The zero-order valence-electron chi connectivity index (χ0n) is 11.6. The predicted molar refractivity (Wildman–Crippen MR) is 98.7 cm³/mol. The summed E-state index contributed by atoms with van der Waals surface area (Å²) in [5.74, 6) is 0.909. The van der Waals surface area contributed by atoms with Crippen LogP contribution in [0.5, 0.6) is 0 Å². The van der Waals surface area contributed by atoms with Crippen LogP contribution in [0.15, 0.2) is 43.7 Å². The number of Topliss-reactive ketones (excluding diaryl/α,β-unsaturated/α-hetero) is 2. The first-order valence-corrected chi connectivity index (χ1v) is 11.0. The first kappa shape index (κ1) is 16.8. The van der Waals surface area contributed by atoms with Crippen molar-refractivity contribution in [3.05, 3.63) is 44.8 Å². The number of carbonyl (C=O) groups is 2. The fraction of sp³-hybridized carbons (Fsp3) is 0.143. The molecule has 0 aliphatic rings. The number of rotatable bonds is 8. The molecule has 3 heterocycles. The number of nitrogens with zero attached hydrogens (tertiary/aromatic N) is 2. The highest BCUT2D eigenvalue weighted by Gasteiger charge is 2.13. The first-order chi connectivity index (χ1) is 11.2. The van der Waals surface area contributed by atoms with E-state index >= 15 is 0 Å². The van der Waals surface area contributed by atoms with Crippen molar-refractivity contribution < 1.29 is 9.59 Å². The minimum Gasteiger partial charge on any atom is -0.292 e. The minimum atomic E-state index is 0.0993. The Balaban J connectivity index is 1.48. The molecule has 0 amide bonds. The van der Waals surface area contributed by atoms with Crippen LogP contribution in [-0.2, 0) is 0 Å². The van der Waals surface area contributed by atoms with Crippen LogP contribution in [-0.4, -0.2) is 33.3 Å². The van der Waals surface area contributed by atoms with Crippen LogP contribution in [0, 0.1) is 0 Å². The molecule has 4 nitrogen and oxygen atoms in total. The van der Waals surface area contributed by atoms with Crippen molar-refractivity contribution in [1.29, 1.82) is 0 Å². The number of ketones is 2. The van der Waals surface area contributed by atoms with Crippen LogP contribution in [0.4, 0.5) is 0 Å². The Morgan fingerprint density at radius 1 is 0.870 bits per heavy atom. The summed E-state index contributed by atoms with van der Waals surface area (Å²) in [7, 11) is 0. The Morgan fingerprint density at radius 3 is 1.74 bits per heavy atom. The first-order valence-electron chi connectivity index (χ1n) is 6.45. The van der Waals surface area contributed by atoms with E-state index in [1.54, 1.807) is 0 Å². The Hall–Kier alpha value is -1.00. The average molecular weight is 399 g/mol. The van der Waals surface area contributed by atoms with Crippen LogP contribution < -0.4 is 0 Å². The molecule has 0 aromatic carbocycles. The Morgan fingerprint density at radius 2 is 1.35 bits per heavy atom. The van der Waals surface area contributed by atoms with Crippen LogP contribution in [0.2, 0.25) is 0 Å². The number of hydrogen-bond donors (Lipinski definition) is 0. The molecule has 3 aromatic heterocycles. The number of carbonyl (C=O) groups excluding carboxylic acids is 2. The number of thioether (sulfide) groups is 2. The van der Waals surface area contributed by atoms with E-state index in [2.05, 4.69) is 10.2 Å². The molecule has 0 fully saturated rings. The highest BCUT2D eigenvalue weighted by Crippen LogP contribution is 2.30. The highest BCUT2D eigenvalue weighted by molar-refractivity contribution is 8.03. The monoisotopic (exact) mass is 398 g/mol. The van der Waals surface area contributed by atoms with Crippen LogP contribution in [0.3, 0.4) is 0 Å². The van der Waals surface area contributed by atoms with E-state index in [1.807, 2.05) is 35.0 Å². The van der Waals surface area contributed by atoms with Gasteiger partial charge < -0.3 is 0 Å². The summed E-state index contributed by atoms with van der Waals surface area (Å²) in [6.07, 6.45) is 0. The normalized spacial score (nSPS) is 10.8. The fourth-order valence-electron chi connectivity index (χ4n) is 1.59. The van der Waals surface area contributed by atoms with Crippen molar-refractivity contribution in [1.82, 2.24) is 10.2 Å². The van der Waals surface area contributed by atoms with Gasteiger partial charge in [-0.1, -0.05) is 47.0 Å². The molecule has 118 valence electrons. The number of thiophene rings is 2. The quantitative estimate of drug-likeness (QED) is 0.408. The lowest BCUT2D eigenvalue weighted by molar-refractivity contribution is 0.101. The third kappa shape index (κ3) is 4.74. The highest BCUT2D eigenvalue weighted by atomic mass is 32.2. The summed E-state index contributed by atoms with van der Waals surface area (Å²) >= 11 is 7.08. The lowest BCUT2D eigenvalue weighted by atomic mass is 10.4. The summed E-state index contributed by atoms with van der Waals surface area (Å²) in [5, 5.41) is 11.9. The van der Waals surface area contributed by atoms with Gasteiger partial charge >= 0.3 is 0 Å².